The fraction of sp³-hybridized carbons (Fsp3) is 0.214. The van der Waals surface area contributed by atoms with Crippen LogP contribution in [0.15, 0.2) is 32.9 Å². The summed E-state index contributed by atoms with van der Waals surface area (Å²) in [7, 11) is 3.04. The van der Waals surface area contributed by atoms with Crippen LogP contribution in [-0.4, -0.2) is 73.7 Å². The van der Waals surface area contributed by atoms with Gasteiger partial charge in [-0.1, -0.05) is 0 Å². The highest BCUT2D eigenvalue weighted by Crippen LogP contribution is 2.38. The summed E-state index contributed by atoms with van der Waals surface area (Å²) in [6, 6.07) is 2.05. The zero-order valence-electron chi connectivity index (χ0n) is 26.5. The molecule has 0 atom stereocenters. The number of anilines is 2. The van der Waals surface area contributed by atoms with Gasteiger partial charge in [-0.2, -0.15) is 30.3 Å². The summed E-state index contributed by atoms with van der Waals surface area (Å²) in [5, 5.41) is 52.7. The van der Waals surface area contributed by atoms with E-state index in [1.807, 2.05) is 6.07 Å². The average Bonchev–Trinajstić information content (AvgIpc) is 3.81. The molecule has 0 amide bonds. The number of aromatic nitrogens is 9. The SMILES string of the molecule is [C-]#[N+]c1c(-n2nc(C)c(/N=N/c3c(C(=O)CO)cnn3C)c2N)nc(-n2nc(C)c(/N=N/c3c(C(=O)C=O)cnn3C)c2N)c(C#N)c1C. The van der Waals surface area contributed by atoms with Gasteiger partial charge < -0.3 is 16.6 Å². The first-order valence-electron chi connectivity index (χ1n) is 13.9. The topological polar surface area (TPSA) is 285 Å². The van der Waals surface area contributed by atoms with Crippen LogP contribution in [0.2, 0.25) is 0 Å². The number of Topliss-reactive ketones (excluding diaryl/α,β-unsaturated/α-hetero) is 2. The lowest BCUT2D eigenvalue weighted by Gasteiger charge is -2.14. The molecule has 0 aliphatic carbocycles. The van der Waals surface area contributed by atoms with E-state index in [1.165, 1.54) is 42.8 Å². The number of hydrogen-bond acceptors (Lipinski definition) is 16. The van der Waals surface area contributed by atoms with E-state index in [0.717, 1.165) is 9.36 Å². The third-order valence-corrected chi connectivity index (χ3v) is 7.25. The number of ketones is 2. The van der Waals surface area contributed by atoms with Crippen molar-refractivity contribution in [2.75, 3.05) is 18.1 Å². The number of azo groups is 2. The van der Waals surface area contributed by atoms with Crippen molar-refractivity contribution >= 4 is 58.2 Å². The summed E-state index contributed by atoms with van der Waals surface area (Å²) >= 11 is 0. The smallest absolute Gasteiger partial charge is 0.235 e. The third-order valence-electron chi connectivity index (χ3n) is 7.25. The molecule has 0 saturated carbocycles. The van der Waals surface area contributed by atoms with Gasteiger partial charge in [0.25, 0.3) is 0 Å². The molecule has 49 heavy (non-hydrogen) atoms. The van der Waals surface area contributed by atoms with Gasteiger partial charge >= 0.3 is 0 Å². The predicted molar refractivity (Wildman–Crippen MR) is 169 cm³/mol. The number of carbonyl (C=O) groups is 3. The van der Waals surface area contributed by atoms with E-state index in [-0.39, 0.29) is 91.9 Å². The molecule has 0 aromatic carbocycles. The Hall–Kier alpha value is -7.26. The molecule has 5 heterocycles. The molecule has 21 heteroatoms. The first-order valence-corrected chi connectivity index (χ1v) is 13.9. The van der Waals surface area contributed by atoms with Gasteiger partial charge in [-0.05, 0) is 26.3 Å². The zero-order chi connectivity index (χ0) is 35.7. The predicted octanol–water partition coefficient (Wildman–Crippen LogP) is 2.82. The van der Waals surface area contributed by atoms with Crippen molar-refractivity contribution in [3.8, 4) is 17.7 Å². The molecule has 0 fully saturated rings. The van der Waals surface area contributed by atoms with Crippen molar-refractivity contribution < 1.29 is 19.5 Å². The van der Waals surface area contributed by atoms with Crippen LogP contribution >= 0.6 is 0 Å². The second-order valence-corrected chi connectivity index (χ2v) is 10.3. The minimum absolute atomic E-state index is 0.00359. The number of aryl methyl sites for hydroxylation is 4. The van der Waals surface area contributed by atoms with Crippen LogP contribution < -0.4 is 11.5 Å². The number of pyridine rings is 1. The van der Waals surface area contributed by atoms with Gasteiger partial charge in [-0.3, -0.25) is 14.4 Å². The molecule has 0 bridgehead atoms. The Balaban J connectivity index is 1.64. The zero-order valence-corrected chi connectivity index (χ0v) is 26.5. The molecule has 21 nitrogen and oxygen atoms in total. The largest absolute Gasteiger partial charge is 0.388 e. The summed E-state index contributed by atoms with van der Waals surface area (Å²) in [6.45, 7) is 11.8. The van der Waals surface area contributed by atoms with Gasteiger partial charge in [0, 0.05) is 14.1 Å². The molecule has 5 aromatic heterocycles. The average molecular weight is 664 g/mol. The first-order chi connectivity index (χ1) is 23.4. The number of aldehydes is 1. The Labute approximate surface area is 275 Å². The van der Waals surface area contributed by atoms with Crippen LogP contribution in [0.4, 0.5) is 40.3 Å². The minimum Gasteiger partial charge on any atom is -0.388 e. The maximum Gasteiger partial charge on any atom is 0.235 e. The van der Waals surface area contributed by atoms with Crippen molar-refractivity contribution in [3.05, 3.63) is 57.5 Å². The van der Waals surface area contributed by atoms with E-state index in [1.54, 1.807) is 13.8 Å². The minimum atomic E-state index is -0.843. The van der Waals surface area contributed by atoms with Crippen LogP contribution in [0.25, 0.3) is 16.5 Å². The van der Waals surface area contributed by atoms with Crippen LogP contribution in [-0.2, 0) is 18.9 Å². The van der Waals surface area contributed by atoms with Crippen molar-refractivity contribution in [3.63, 3.8) is 0 Å². The van der Waals surface area contributed by atoms with Crippen molar-refractivity contribution in [1.29, 1.82) is 5.26 Å². The summed E-state index contributed by atoms with van der Waals surface area (Å²) in [5.74, 6) is -1.74. The molecule has 0 unspecified atom stereocenters. The third kappa shape index (κ3) is 5.57. The van der Waals surface area contributed by atoms with Gasteiger partial charge in [0.05, 0.1) is 47.0 Å². The number of aliphatic hydroxyl groups excluding tert-OH is 1. The van der Waals surface area contributed by atoms with Gasteiger partial charge in [0.15, 0.2) is 58.4 Å². The summed E-state index contributed by atoms with van der Waals surface area (Å²) in [4.78, 5) is 43.4. The number of hydrogen-bond donors (Lipinski definition) is 3. The molecule has 5 N–H and O–H groups in total. The van der Waals surface area contributed by atoms with E-state index in [9.17, 15) is 24.8 Å². The molecule has 0 aliphatic heterocycles. The fourth-order valence-electron chi connectivity index (χ4n) is 4.69. The van der Waals surface area contributed by atoms with Crippen molar-refractivity contribution in [2.24, 2.45) is 34.6 Å². The lowest BCUT2D eigenvalue weighted by atomic mass is 10.1. The van der Waals surface area contributed by atoms with Crippen LogP contribution in [0.1, 0.15) is 43.2 Å². The highest BCUT2D eigenvalue weighted by molar-refractivity contribution is 6.34. The Morgan fingerprint density at radius 2 is 1.45 bits per heavy atom. The molecule has 246 valence electrons. The van der Waals surface area contributed by atoms with E-state index < -0.39 is 18.2 Å². The van der Waals surface area contributed by atoms with E-state index in [4.69, 9.17) is 18.0 Å². The van der Waals surface area contributed by atoms with Crippen LogP contribution in [0.5, 0.6) is 0 Å². The van der Waals surface area contributed by atoms with E-state index in [2.05, 4.69) is 50.7 Å². The number of nitrogen functional groups attached to an aromatic ring is 2. The lowest BCUT2D eigenvalue weighted by Crippen LogP contribution is -2.12. The second-order valence-electron chi connectivity index (χ2n) is 10.3. The first kappa shape index (κ1) is 33.1. The van der Waals surface area contributed by atoms with Crippen molar-refractivity contribution in [1.82, 2.24) is 44.1 Å². The van der Waals surface area contributed by atoms with Gasteiger partial charge in [-0.15, -0.1) is 20.5 Å². The number of nitrogens with zero attached hydrogens (tertiary/aromatic N) is 15. The van der Waals surface area contributed by atoms with Crippen LogP contribution in [0.3, 0.4) is 0 Å². The van der Waals surface area contributed by atoms with Gasteiger partial charge in [-0.25, -0.2) is 23.9 Å². The Morgan fingerprint density at radius 3 is 1.94 bits per heavy atom. The summed E-state index contributed by atoms with van der Waals surface area (Å²) in [5.41, 5.74) is 13.7. The number of nitriles is 1. The Morgan fingerprint density at radius 1 is 0.939 bits per heavy atom. The maximum absolute atomic E-state index is 12.1. The molecular weight excluding hydrogens is 638 g/mol. The van der Waals surface area contributed by atoms with E-state index >= 15 is 0 Å². The quantitative estimate of drug-likeness (QED) is 0.0639. The van der Waals surface area contributed by atoms with Gasteiger partial charge in [0.2, 0.25) is 11.5 Å². The highest BCUT2D eigenvalue weighted by Gasteiger charge is 2.27. The molecule has 5 rings (SSSR count). The summed E-state index contributed by atoms with van der Waals surface area (Å²) < 4.78 is 4.84. The Kier molecular flexibility index (Phi) is 8.69. The number of aliphatic hydroxyl groups is 1. The van der Waals surface area contributed by atoms with Crippen LogP contribution in [0, 0.1) is 38.7 Å². The standard InChI is InChI=1S/C28H25N17O4/c1-12-15(7-29)25(44-23(30)21(13(2)40-44)36-38-26-16(18(48)10-46)8-33-42(26)5)35-28(20(12)32-4)45-24(31)22(14(3)41-45)37-39-27-17(19(49)11-47)9-34-43(27)6/h8-10,47H,11,30-31H2,1-3,5-6H3/b38-36+,39-37+. The molecule has 0 aliphatic rings. The van der Waals surface area contributed by atoms with Gasteiger partial charge in [0.1, 0.15) is 12.7 Å². The van der Waals surface area contributed by atoms with E-state index in [0.29, 0.717) is 0 Å². The highest BCUT2D eigenvalue weighted by atomic mass is 16.3. The monoisotopic (exact) mass is 663 g/mol. The number of nitrogens with two attached hydrogens (primary N) is 2. The maximum atomic E-state index is 12.1. The molecule has 0 spiro atoms. The Bertz CT molecular complexity index is 2340. The normalized spacial score (nSPS) is 11.3. The molecule has 0 radical (unpaired) electrons. The molecule has 5 aromatic rings. The molecule has 0 saturated heterocycles. The lowest BCUT2D eigenvalue weighted by molar-refractivity contribution is -0.104. The number of rotatable bonds is 10. The second kappa shape index (κ2) is 12.9. The number of carbonyl (C=O) groups excluding carboxylic acids is 3. The summed E-state index contributed by atoms with van der Waals surface area (Å²) in [6.07, 6.45) is 2.56. The van der Waals surface area contributed by atoms with Crippen molar-refractivity contribution in [2.45, 2.75) is 20.8 Å². The molecular formula is C28H25N17O4. The fourth-order valence-corrected chi connectivity index (χ4v) is 4.69.